The second-order valence-corrected chi connectivity index (χ2v) is 7.63. The van der Waals surface area contributed by atoms with Gasteiger partial charge in [-0.15, -0.1) is 0 Å². The van der Waals surface area contributed by atoms with Gasteiger partial charge in [-0.05, 0) is 58.9 Å². The van der Waals surface area contributed by atoms with E-state index in [-0.39, 0.29) is 0 Å². The molecule has 1 aliphatic heterocycles. The Balaban J connectivity index is 1.56. The van der Waals surface area contributed by atoms with Crippen LogP contribution in [0.15, 0.2) is 84.9 Å². The highest BCUT2D eigenvalue weighted by molar-refractivity contribution is 6.30. The van der Waals surface area contributed by atoms with Crippen LogP contribution in [0.3, 0.4) is 0 Å². The highest BCUT2D eigenvalue weighted by Crippen LogP contribution is 2.50. The summed E-state index contributed by atoms with van der Waals surface area (Å²) < 4.78 is 0. The molecular weight excluding hydrogens is 338 g/mol. The van der Waals surface area contributed by atoms with Crippen LogP contribution in [0.2, 0.25) is 5.02 Å². The van der Waals surface area contributed by atoms with Gasteiger partial charge in [-0.1, -0.05) is 72.3 Å². The van der Waals surface area contributed by atoms with Gasteiger partial charge in [0, 0.05) is 16.6 Å². The predicted molar refractivity (Wildman–Crippen MR) is 110 cm³/mol. The van der Waals surface area contributed by atoms with Gasteiger partial charge in [0.15, 0.2) is 0 Å². The molecule has 1 N–H and O–H groups in total. The van der Waals surface area contributed by atoms with Gasteiger partial charge in [0.25, 0.3) is 0 Å². The molecule has 1 aliphatic carbocycles. The van der Waals surface area contributed by atoms with Crippen molar-refractivity contribution >= 4 is 17.3 Å². The van der Waals surface area contributed by atoms with Crippen LogP contribution in [0.25, 0.3) is 11.1 Å². The molecule has 0 bridgehead atoms. The summed E-state index contributed by atoms with van der Waals surface area (Å²) in [7, 11) is 0. The van der Waals surface area contributed by atoms with Crippen molar-refractivity contribution in [2.45, 2.75) is 18.4 Å². The maximum absolute atomic E-state index is 6.09. The van der Waals surface area contributed by atoms with Crippen molar-refractivity contribution in [2.24, 2.45) is 5.92 Å². The van der Waals surface area contributed by atoms with Gasteiger partial charge in [-0.3, -0.25) is 0 Å². The molecule has 0 amide bonds. The van der Waals surface area contributed by atoms with Gasteiger partial charge in [0.05, 0.1) is 6.04 Å². The van der Waals surface area contributed by atoms with Crippen LogP contribution in [0.4, 0.5) is 5.69 Å². The average molecular weight is 358 g/mol. The molecule has 0 radical (unpaired) electrons. The Kier molecular flexibility index (Phi) is 3.83. The molecule has 26 heavy (non-hydrogen) atoms. The number of benzene rings is 3. The smallest absolute Gasteiger partial charge is 0.0553 e. The van der Waals surface area contributed by atoms with Gasteiger partial charge in [-0.2, -0.15) is 0 Å². The number of rotatable bonds is 2. The van der Waals surface area contributed by atoms with Crippen LogP contribution >= 0.6 is 11.6 Å². The van der Waals surface area contributed by atoms with E-state index in [4.69, 9.17) is 11.6 Å². The van der Waals surface area contributed by atoms with E-state index in [9.17, 15) is 0 Å². The van der Waals surface area contributed by atoms with Gasteiger partial charge in [-0.25, -0.2) is 0 Å². The summed E-state index contributed by atoms with van der Waals surface area (Å²) in [4.78, 5) is 0. The fraction of sp³-hybridized carbons (Fsp3) is 0.167. The number of hydrogen-bond acceptors (Lipinski definition) is 1. The molecule has 0 saturated carbocycles. The van der Waals surface area contributed by atoms with Crippen molar-refractivity contribution in [3.05, 3.63) is 101 Å². The first-order valence-corrected chi connectivity index (χ1v) is 9.55. The van der Waals surface area contributed by atoms with Gasteiger partial charge in [0.2, 0.25) is 0 Å². The zero-order chi connectivity index (χ0) is 17.5. The number of fused-ring (bicyclic) bond motifs is 3. The van der Waals surface area contributed by atoms with Crippen molar-refractivity contribution in [3.63, 3.8) is 0 Å². The normalized spacial score (nSPS) is 23.2. The molecule has 1 heterocycles. The number of hydrogen-bond donors (Lipinski definition) is 1. The van der Waals surface area contributed by atoms with Crippen molar-refractivity contribution in [3.8, 4) is 11.1 Å². The third-order valence-corrected chi connectivity index (χ3v) is 5.95. The molecule has 0 saturated heterocycles. The number of nitrogens with one attached hydrogen (secondary N) is 1. The predicted octanol–water partition coefficient (Wildman–Crippen LogP) is 6.83. The van der Waals surface area contributed by atoms with Gasteiger partial charge in [0.1, 0.15) is 0 Å². The lowest BCUT2D eigenvalue weighted by molar-refractivity contribution is 0.425. The Bertz CT molecular complexity index is 959. The lowest BCUT2D eigenvalue weighted by Gasteiger charge is -2.37. The lowest BCUT2D eigenvalue weighted by Crippen LogP contribution is -2.29. The summed E-state index contributed by atoms with van der Waals surface area (Å²) in [5.74, 6) is 1.02. The molecule has 3 atom stereocenters. The summed E-state index contributed by atoms with van der Waals surface area (Å²) in [5, 5.41) is 4.59. The van der Waals surface area contributed by atoms with Gasteiger partial charge >= 0.3 is 0 Å². The zero-order valence-electron chi connectivity index (χ0n) is 14.4. The van der Waals surface area contributed by atoms with Crippen molar-refractivity contribution in [1.29, 1.82) is 0 Å². The van der Waals surface area contributed by atoms with Crippen LogP contribution in [-0.2, 0) is 0 Å². The SMILES string of the molecule is Clc1ccc([C@@H]2Nc3ccc(-c4ccccc4)cc3[C@@H]3C=CC[C@H]32)cc1. The maximum Gasteiger partial charge on any atom is 0.0553 e. The fourth-order valence-electron chi connectivity index (χ4n) is 4.40. The Morgan fingerprint density at radius 2 is 1.65 bits per heavy atom. The molecule has 3 aromatic carbocycles. The summed E-state index contributed by atoms with van der Waals surface area (Å²) >= 11 is 6.09. The Morgan fingerprint density at radius 1 is 0.846 bits per heavy atom. The second kappa shape index (κ2) is 6.34. The summed E-state index contributed by atoms with van der Waals surface area (Å²) in [6.45, 7) is 0. The Morgan fingerprint density at radius 3 is 2.46 bits per heavy atom. The first-order chi connectivity index (χ1) is 12.8. The molecule has 0 spiro atoms. The molecule has 2 aliphatic rings. The largest absolute Gasteiger partial charge is 0.378 e. The van der Waals surface area contributed by atoms with Crippen LogP contribution < -0.4 is 5.32 Å². The third-order valence-electron chi connectivity index (χ3n) is 5.70. The topological polar surface area (TPSA) is 12.0 Å². The third kappa shape index (κ3) is 2.64. The fourth-order valence-corrected chi connectivity index (χ4v) is 4.53. The molecule has 0 fully saturated rings. The quantitative estimate of drug-likeness (QED) is 0.495. The standard InChI is InChI=1S/C24H20ClN/c25-19-12-9-17(10-13-19)24-21-8-4-7-20(21)22-15-18(11-14-23(22)26-24)16-5-2-1-3-6-16/h1-7,9-15,20-21,24,26H,8H2/t20-,21-,24+/m1/s1. The highest BCUT2D eigenvalue weighted by atomic mass is 35.5. The number of anilines is 1. The van der Waals surface area contributed by atoms with E-state index in [1.807, 2.05) is 12.1 Å². The van der Waals surface area contributed by atoms with E-state index in [1.54, 1.807) is 0 Å². The van der Waals surface area contributed by atoms with E-state index in [1.165, 1.54) is 27.9 Å². The summed E-state index contributed by atoms with van der Waals surface area (Å²) in [5.41, 5.74) is 6.53. The molecule has 5 rings (SSSR count). The monoisotopic (exact) mass is 357 g/mol. The zero-order valence-corrected chi connectivity index (χ0v) is 15.2. The minimum Gasteiger partial charge on any atom is -0.378 e. The van der Waals surface area contributed by atoms with Crippen molar-refractivity contribution in [1.82, 2.24) is 0 Å². The lowest BCUT2D eigenvalue weighted by atomic mass is 9.76. The van der Waals surface area contributed by atoms with Gasteiger partial charge < -0.3 is 5.32 Å². The molecule has 0 unspecified atom stereocenters. The first-order valence-electron chi connectivity index (χ1n) is 9.17. The van der Waals surface area contributed by atoms with Crippen LogP contribution in [-0.4, -0.2) is 0 Å². The molecular formula is C24H20ClN. The van der Waals surface area contributed by atoms with Crippen LogP contribution in [0.1, 0.15) is 29.5 Å². The van der Waals surface area contributed by atoms with Crippen molar-refractivity contribution in [2.75, 3.05) is 5.32 Å². The molecule has 0 aromatic heterocycles. The molecule has 128 valence electrons. The molecule has 1 nitrogen and oxygen atoms in total. The summed E-state index contributed by atoms with van der Waals surface area (Å²) in [6, 6.07) is 26.0. The van der Waals surface area contributed by atoms with E-state index < -0.39 is 0 Å². The number of halogens is 1. The molecule has 3 aromatic rings. The summed E-state index contributed by atoms with van der Waals surface area (Å²) in [6.07, 6.45) is 5.84. The Labute approximate surface area is 159 Å². The van der Waals surface area contributed by atoms with Crippen LogP contribution in [0.5, 0.6) is 0 Å². The first kappa shape index (κ1) is 15.7. The average Bonchev–Trinajstić information content (AvgIpc) is 3.19. The van der Waals surface area contributed by atoms with E-state index in [0.29, 0.717) is 17.9 Å². The molecule has 2 heteroatoms. The minimum atomic E-state index is 0.322. The maximum atomic E-state index is 6.09. The van der Waals surface area contributed by atoms with E-state index >= 15 is 0 Å². The van der Waals surface area contributed by atoms with Crippen molar-refractivity contribution < 1.29 is 0 Å². The van der Waals surface area contributed by atoms with Crippen LogP contribution in [0, 0.1) is 5.92 Å². The second-order valence-electron chi connectivity index (χ2n) is 7.20. The highest BCUT2D eigenvalue weighted by Gasteiger charge is 2.37. The number of allylic oxidation sites excluding steroid dienone is 2. The van der Waals surface area contributed by atoms with E-state index in [0.717, 1.165) is 11.4 Å². The van der Waals surface area contributed by atoms with E-state index in [2.05, 4.69) is 78.1 Å². The minimum absolute atomic E-state index is 0.322. The Hall–Kier alpha value is -2.51.